The Kier molecular flexibility index (Phi) is 4.93. The van der Waals surface area contributed by atoms with Gasteiger partial charge < -0.3 is 14.9 Å². The van der Waals surface area contributed by atoms with Crippen molar-refractivity contribution in [1.82, 2.24) is 0 Å². The van der Waals surface area contributed by atoms with Gasteiger partial charge >= 0.3 is 5.97 Å². The number of hydrogen-bond donors (Lipinski definition) is 2. The fraction of sp³-hybridized carbons (Fsp3) is 0.444. The number of fused-ring (bicyclic) bond motifs is 5. The Morgan fingerprint density at radius 2 is 1.94 bits per heavy atom. The Morgan fingerprint density at radius 3 is 2.68 bits per heavy atom. The number of esters is 1. The number of benzene rings is 2. The van der Waals surface area contributed by atoms with Gasteiger partial charge in [-0.15, -0.1) is 0 Å². The molecule has 0 aromatic heterocycles. The van der Waals surface area contributed by atoms with Crippen LogP contribution >= 0.6 is 0 Å². The highest BCUT2D eigenvalue weighted by atomic mass is 16.5. The van der Waals surface area contributed by atoms with Gasteiger partial charge in [0.2, 0.25) is 0 Å². The highest BCUT2D eigenvalue weighted by Crippen LogP contribution is 2.62. The molecule has 2 aromatic carbocycles. The fourth-order valence-electron chi connectivity index (χ4n) is 6.64. The maximum atomic E-state index is 12.9. The Hall–Kier alpha value is -2.59. The Bertz CT molecular complexity index is 1020. The molecular weight excluding hydrogens is 388 g/mol. The minimum Gasteiger partial charge on any atom is -0.508 e. The first-order chi connectivity index (χ1) is 14.9. The van der Waals surface area contributed by atoms with Crippen molar-refractivity contribution in [1.29, 1.82) is 0 Å². The summed E-state index contributed by atoms with van der Waals surface area (Å²) in [5.74, 6) is 1.50. The van der Waals surface area contributed by atoms with Crippen LogP contribution in [0.3, 0.4) is 0 Å². The predicted molar refractivity (Wildman–Crippen MR) is 120 cm³/mol. The molecule has 5 atom stereocenters. The number of aromatic hydroxyl groups is 1. The number of carbonyl (C=O) groups is 1. The zero-order valence-corrected chi connectivity index (χ0v) is 18.0. The van der Waals surface area contributed by atoms with E-state index in [4.69, 9.17) is 4.74 Å². The van der Waals surface area contributed by atoms with Gasteiger partial charge in [0.1, 0.15) is 11.5 Å². The van der Waals surface area contributed by atoms with Crippen LogP contribution < -0.4 is 4.74 Å². The van der Waals surface area contributed by atoms with Crippen LogP contribution in [0.2, 0.25) is 0 Å². The van der Waals surface area contributed by atoms with E-state index in [2.05, 4.69) is 13.5 Å². The minimum absolute atomic E-state index is 0.000667. The van der Waals surface area contributed by atoms with Gasteiger partial charge in [-0.05, 0) is 91.0 Å². The molecule has 2 saturated carbocycles. The van der Waals surface area contributed by atoms with Crippen LogP contribution in [-0.4, -0.2) is 22.3 Å². The molecule has 2 aromatic rings. The number of aliphatic hydroxyl groups is 1. The summed E-state index contributed by atoms with van der Waals surface area (Å²) >= 11 is 0. The molecule has 0 spiro atoms. The third-order valence-corrected chi connectivity index (χ3v) is 8.30. The third-order valence-electron chi connectivity index (χ3n) is 8.30. The number of ether oxygens (including phenoxy) is 1. The highest BCUT2D eigenvalue weighted by Gasteiger charge is 2.54. The van der Waals surface area contributed by atoms with Gasteiger partial charge in [-0.2, -0.15) is 0 Å². The SMILES string of the molecule is C=Cc1ccc(C(=O)Oc2cc(O)cc3c2[C@H]2CC[C@]4(C)[C@H](O)CC[C@H]4[C@@H]2CC3)cc1. The lowest BCUT2D eigenvalue weighted by Gasteiger charge is -2.50. The molecular formula is C27H30O4. The summed E-state index contributed by atoms with van der Waals surface area (Å²) in [6.45, 7) is 6.00. The first kappa shape index (κ1) is 20.3. The van der Waals surface area contributed by atoms with Gasteiger partial charge in [0.05, 0.1) is 11.7 Å². The summed E-state index contributed by atoms with van der Waals surface area (Å²) in [7, 11) is 0. The second kappa shape index (κ2) is 7.52. The fourth-order valence-corrected chi connectivity index (χ4v) is 6.64. The minimum atomic E-state index is -0.414. The van der Waals surface area contributed by atoms with E-state index in [-0.39, 0.29) is 17.3 Å². The van der Waals surface area contributed by atoms with Crippen molar-refractivity contribution in [2.45, 2.75) is 57.5 Å². The van der Waals surface area contributed by atoms with E-state index in [0.29, 0.717) is 29.1 Å². The summed E-state index contributed by atoms with van der Waals surface area (Å²) in [5, 5.41) is 20.9. The molecule has 4 nitrogen and oxygen atoms in total. The van der Waals surface area contributed by atoms with E-state index in [1.54, 1.807) is 24.3 Å². The third kappa shape index (κ3) is 3.28. The molecule has 0 amide bonds. The van der Waals surface area contributed by atoms with Gasteiger partial charge in [-0.3, -0.25) is 0 Å². The van der Waals surface area contributed by atoms with Crippen molar-refractivity contribution >= 4 is 12.0 Å². The molecule has 2 N–H and O–H groups in total. The van der Waals surface area contributed by atoms with Crippen molar-refractivity contribution in [3.63, 3.8) is 0 Å². The molecule has 0 unspecified atom stereocenters. The lowest BCUT2D eigenvalue weighted by Crippen LogP contribution is -2.44. The number of carbonyl (C=O) groups excluding carboxylic acids is 1. The molecule has 5 rings (SSSR count). The first-order valence-corrected chi connectivity index (χ1v) is 11.4. The smallest absolute Gasteiger partial charge is 0.343 e. The number of aryl methyl sites for hydroxylation is 1. The number of phenolic OH excluding ortho intramolecular Hbond substituents is 1. The van der Waals surface area contributed by atoms with E-state index in [1.165, 1.54) is 0 Å². The zero-order valence-electron chi connectivity index (χ0n) is 18.0. The van der Waals surface area contributed by atoms with Crippen LogP contribution in [0.25, 0.3) is 6.08 Å². The van der Waals surface area contributed by atoms with E-state index >= 15 is 0 Å². The average Bonchev–Trinajstić information content (AvgIpc) is 3.08. The quantitative estimate of drug-likeness (QED) is 0.512. The molecule has 3 aliphatic carbocycles. The van der Waals surface area contributed by atoms with Crippen molar-refractivity contribution in [2.24, 2.45) is 17.3 Å². The van der Waals surface area contributed by atoms with E-state index in [1.807, 2.05) is 18.2 Å². The topological polar surface area (TPSA) is 66.8 Å². The van der Waals surface area contributed by atoms with Crippen molar-refractivity contribution < 1.29 is 19.7 Å². The number of phenols is 1. The van der Waals surface area contributed by atoms with Gasteiger partial charge in [-0.25, -0.2) is 4.79 Å². The normalized spacial score (nSPS) is 31.3. The van der Waals surface area contributed by atoms with Gasteiger partial charge in [0.15, 0.2) is 0 Å². The van der Waals surface area contributed by atoms with Crippen molar-refractivity contribution in [2.75, 3.05) is 0 Å². The average molecular weight is 419 g/mol. The molecule has 31 heavy (non-hydrogen) atoms. The molecule has 0 saturated heterocycles. The molecule has 0 radical (unpaired) electrons. The number of aliphatic hydroxyl groups excluding tert-OH is 1. The van der Waals surface area contributed by atoms with Crippen LogP contribution in [-0.2, 0) is 6.42 Å². The summed E-state index contributed by atoms with van der Waals surface area (Å²) in [4.78, 5) is 12.9. The standard InChI is InChI=1S/C27H30O4/c1-3-16-4-6-17(7-5-16)26(30)31-23-15-19(28)14-18-8-9-20-21(25(18)23)12-13-27(2)22(20)10-11-24(27)29/h3-7,14-15,20-22,24,28-29H,1,8-13H2,2H3/t20-,21+,22+,24-,27+/m1/s1. The predicted octanol–water partition coefficient (Wildman–Crippen LogP) is 5.47. The van der Waals surface area contributed by atoms with E-state index < -0.39 is 5.97 Å². The molecule has 0 aliphatic heterocycles. The lowest BCUT2D eigenvalue weighted by atomic mass is 9.55. The maximum absolute atomic E-state index is 12.9. The Morgan fingerprint density at radius 1 is 1.16 bits per heavy atom. The van der Waals surface area contributed by atoms with Crippen molar-refractivity contribution in [3.05, 3.63) is 65.2 Å². The van der Waals surface area contributed by atoms with Crippen LogP contribution in [0, 0.1) is 17.3 Å². The Balaban J connectivity index is 1.48. The molecule has 0 bridgehead atoms. The monoisotopic (exact) mass is 418 g/mol. The number of rotatable bonds is 3. The van der Waals surface area contributed by atoms with Gasteiger partial charge in [0, 0.05) is 11.6 Å². The molecule has 162 valence electrons. The lowest BCUT2D eigenvalue weighted by molar-refractivity contribution is -0.0229. The van der Waals surface area contributed by atoms with Crippen LogP contribution in [0.15, 0.2) is 43.0 Å². The van der Waals surface area contributed by atoms with Crippen LogP contribution in [0.4, 0.5) is 0 Å². The second-order valence-corrected chi connectivity index (χ2v) is 9.79. The number of hydrogen-bond acceptors (Lipinski definition) is 4. The van der Waals surface area contributed by atoms with E-state index in [0.717, 1.165) is 55.2 Å². The van der Waals surface area contributed by atoms with E-state index in [9.17, 15) is 15.0 Å². The summed E-state index contributed by atoms with van der Waals surface area (Å²) in [5.41, 5.74) is 3.60. The summed E-state index contributed by atoms with van der Waals surface area (Å²) < 4.78 is 5.89. The van der Waals surface area contributed by atoms with Crippen LogP contribution in [0.5, 0.6) is 11.5 Å². The summed E-state index contributed by atoms with van der Waals surface area (Å²) in [6.07, 6.45) is 7.36. The molecule has 0 heterocycles. The Labute approximate surface area is 183 Å². The molecule has 2 fully saturated rings. The van der Waals surface area contributed by atoms with Crippen molar-refractivity contribution in [3.8, 4) is 11.5 Å². The maximum Gasteiger partial charge on any atom is 0.343 e. The summed E-state index contributed by atoms with van der Waals surface area (Å²) in [6, 6.07) is 10.6. The second-order valence-electron chi connectivity index (χ2n) is 9.79. The van der Waals surface area contributed by atoms with Gasteiger partial charge in [-0.1, -0.05) is 31.7 Å². The highest BCUT2D eigenvalue weighted by molar-refractivity contribution is 5.91. The molecule has 4 heteroatoms. The largest absolute Gasteiger partial charge is 0.508 e. The van der Waals surface area contributed by atoms with Gasteiger partial charge in [0.25, 0.3) is 0 Å². The first-order valence-electron chi connectivity index (χ1n) is 11.4. The molecule has 3 aliphatic rings. The van der Waals surface area contributed by atoms with Crippen LogP contribution in [0.1, 0.15) is 72.0 Å². The zero-order chi connectivity index (χ0) is 21.8.